The Morgan fingerprint density at radius 3 is 2.46 bits per heavy atom. The number of ether oxygens (including phenoxy) is 3. The Labute approximate surface area is 232 Å². The smallest absolute Gasteiger partial charge is 0.333 e. The number of aliphatic carboxylic acids is 1. The van der Waals surface area contributed by atoms with Crippen molar-refractivity contribution in [3.05, 3.63) is 58.1 Å². The third-order valence-electron chi connectivity index (χ3n) is 7.76. The molecule has 0 spiro atoms. The fourth-order valence-electron chi connectivity index (χ4n) is 6.16. The summed E-state index contributed by atoms with van der Waals surface area (Å²) in [6, 6.07) is 11.9. The highest BCUT2D eigenvalue weighted by Gasteiger charge is 2.54. The summed E-state index contributed by atoms with van der Waals surface area (Å²) in [5.74, 6) is 0.819. The van der Waals surface area contributed by atoms with Crippen LogP contribution >= 0.6 is 24.0 Å². The first-order valence-corrected chi connectivity index (χ1v) is 13.1. The molecule has 0 heterocycles. The highest BCUT2D eigenvalue weighted by molar-refractivity contribution is 6.30. The summed E-state index contributed by atoms with van der Waals surface area (Å²) in [6.45, 7) is 5.93. The Balaban J connectivity index is 0.00000481. The number of benzene rings is 2. The van der Waals surface area contributed by atoms with Crippen LogP contribution in [-0.4, -0.2) is 51.6 Å². The topological polar surface area (TPSA) is 77.0 Å². The molecule has 2 aromatic carbocycles. The van der Waals surface area contributed by atoms with Crippen LogP contribution in [0.4, 0.5) is 0 Å². The molecule has 1 aliphatic rings. The van der Waals surface area contributed by atoms with Gasteiger partial charge in [-0.2, -0.15) is 0 Å². The average Bonchev–Trinajstić information content (AvgIpc) is 2.86. The third-order valence-corrected chi connectivity index (χ3v) is 7.99. The molecule has 3 rings (SSSR count). The van der Waals surface area contributed by atoms with Gasteiger partial charge in [-0.05, 0) is 98.0 Å². The summed E-state index contributed by atoms with van der Waals surface area (Å²) in [6.07, 6.45) is 3.69. The first-order chi connectivity index (χ1) is 17.3. The fraction of sp³-hybridized carbons (Fsp3) is 0.552. The van der Waals surface area contributed by atoms with Crippen molar-refractivity contribution in [2.45, 2.75) is 57.5 Å². The van der Waals surface area contributed by atoms with Gasteiger partial charge in [-0.3, -0.25) is 0 Å². The maximum absolute atomic E-state index is 12.4. The van der Waals surface area contributed by atoms with E-state index in [4.69, 9.17) is 25.8 Å². The SMILES string of the molecule is COc1ccc(CCCNCCC2CCc3cc(Cl)ccc3C2(C(C)C)C(OC)C(=O)O)cc1OC.Cl. The van der Waals surface area contributed by atoms with Crippen LogP contribution < -0.4 is 14.8 Å². The van der Waals surface area contributed by atoms with Gasteiger partial charge in [0.25, 0.3) is 0 Å². The molecule has 6 nitrogen and oxygen atoms in total. The molecule has 0 aliphatic heterocycles. The van der Waals surface area contributed by atoms with Crippen molar-refractivity contribution in [3.63, 3.8) is 0 Å². The van der Waals surface area contributed by atoms with E-state index >= 15 is 0 Å². The lowest BCUT2D eigenvalue weighted by Gasteiger charge is -2.51. The van der Waals surface area contributed by atoms with Crippen LogP contribution in [0.2, 0.25) is 5.02 Å². The largest absolute Gasteiger partial charge is 0.493 e. The van der Waals surface area contributed by atoms with Crippen LogP contribution in [0.15, 0.2) is 36.4 Å². The molecule has 3 unspecified atom stereocenters. The maximum Gasteiger partial charge on any atom is 0.333 e. The number of carboxylic acids is 1. The molecule has 1 aliphatic carbocycles. The molecule has 0 aromatic heterocycles. The Bertz CT molecular complexity index is 1030. The standard InChI is InChI=1S/C29H40ClNO5.ClH/c1-19(2)29(27(36-5)28(32)33)22(10-9-21-18-23(30)11-12-24(21)29)14-16-31-15-6-7-20-8-13-25(34-3)26(17-20)35-4;/h8,11-13,17-19,22,27,31H,6-7,9-10,14-16H2,1-5H3,(H,32,33);1H. The molecule has 0 amide bonds. The van der Waals surface area contributed by atoms with Gasteiger partial charge in [-0.15, -0.1) is 12.4 Å². The zero-order valence-corrected chi connectivity index (χ0v) is 24.1. The Morgan fingerprint density at radius 1 is 1.11 bits per heavy atom. The van der Waals surface area contributed by atoms with E-state index < -0.39 is 17.5 Å². The Kier molecular flexibility index (Phi) is 12.0. The molecule has 2 aromatic rings. The van der Waals surface area contributed by atoms with E-state index in [0.717, 1.165) is 67.8 Å². The highest BCUT2D eigenvalue weighted by Crippen LogP contribution is 2.51. The fourth-order valence-corrected chi connectivity index (χ4v) is 6.35. The predicted molar refractivity (Wildman–Crippen MR) is 151 cm³/mol. The quantitative estimate of drug-likeness (QED) is 0.298. The van der Waals surface area contributed by atoms with Gasteiger partial charge in [0.1, 0.15) is 0 Å². The number of nitrogens with one attached hydrogen (secondary N) is 1. The third kappa shape index (κ3) is 6.72. The zero-order valence-electron chi connectivity index (χ0n) is 22.5. The van der Waals surface area contributed by atoms with Crippen LogP contribution in [0.5, 0.6) is 11.5 Å². The van der Waals surface area contributed by atoms with Crippen LogP contribution in [0.25, 0.3) is 0 Å². The van der Waals surface area contributed by atoms with Crippen LogP contribution in [0, 0.1) is 11.8 Å². The van der Waals surface area contributed by atoms with Gasteiger partial charge in [0, 0.05) is 17.5 Å². The normalized spacial score (nSPS) is 19.6. The summed E-state index contributed by atoms with van der Waals surface area (Å²) < 4.78 is 16.4. The minimum absolute atomic E-state index is 0. The summed E-state index contributed by atoms with van der Waals surface area (Å²) in [7, 11) is 4.80. The van der Waals surface area contributed by atoms with Crippen LogP contribution in [-0.2, 0) is 27.8 Å². The van der Waals surface area contributed by atoms with Crippen LogP contribution in [0.3, 0.4) is 0 Å². The molecule has 0 radical (unpaired) electrons. The molecule has 0 saturated heterocycles. The van der Waals surface area contributed by atoms with E-state index in [9.17, 15) is 9.90 Å². The number of carbonyl (C=O) groups is 1. The number of carboxylic acid groups (broad SMARTS) is 1. The van der Waals surface area contributed by atoms with E-state index in [1.165, 1.54) is 12.7 Å². The summed E-state index contributed by atoms with van der Waals surface area (Å²) >= 11 is 6.30. The lowest BCUT2D eigenvalue weighted by Crippen LogP contribution is -2.56. The molecule has 0 fully saturated rings. The minimum Gasteiger partial charge on any atom is -0.493 e. The molecular formula is C29H41Cl2NO5. The van der Waals surface area contributed by atoms with Crippen molar-refractivity contribution >= 4 is 30.0 Å². The zero-order chi connectivity index (χ0) is 26.3. The van der Waals surface area contributed by atoms with E-state index in [-0.39, 0.29) is 24.2 Å². The number of hydrogen-bond acceptors (Lipinski definition) is 5. The first-order valence-electron chi connectivity index (χ1n) is 12.8. The lowest BCUT2D eigenvalue weighted by molar-refractivity contribution is -0.158. The van der Waals surface area contributed by atoms with Crippen molar-refractivity contribution < 1.29 is 24.1 Å². The van der Waals surface area contributed by atoms with Gasteiger partial charge in [0.2, 0.25) is 0 Å². The van der Waals surface area contributed by atoms with Gasteiger partial charge < -0.3 is 24.6 Å². The highest BCUT2D eigenvalue weighted by atomic mass is 35.5. The molecule has 3 atom stereocenters. The van der Waals surface area contributed by atoms with E-state index in [1.54, 1.807) is 14.2 Å². The predicted octanol–water partition coefficient (Wildman–Crippen LogP) is 5.95. The summed E-state index contributed by atoms with van der Waals surface area (Å²) in [5.41, 5.74) is 2.79. The number of aryl methyl sites for hydroxylation is 2. The second-order valence-corrected chi connectivity index (χ2v) is 10.3. The van der Waals surface area contributed by atoms with E-state index in [0.29, 0.717) is 5.02 Å². The summed E-state index contributed by atoms with van der Waals surface area (Å²) in [4.78, 5) is 12.4. The minimum atomic E-state index is -0.923. The molecule has 0 bridgehead atoms. The van der Waals surface area contributed by atoms with Crippen LogP contribution in [0.1, 0.15) is 49.8 Å². The number of halogens is 2. The molecule has 206 valence electrons. The van der Waals surface area contributed by atoms with Gasteiger partial charge in [0.15, 0.2) is 17.6 Å². The number of methoxy groups -OCH3 is 3. The number of rotatable bonds is 13. The van der Waals surface area contributed by atoms with E-state index in [2.05, 4.69) is 25.2 Å². The van der Waals surface area contributed by atoms with E-state index in [1.807, 2.05) is 30.3 Å². The summed E-state index contributed by atoms with van der Waals surface area (Å²) in [5, 5.41) is 14.4. The second-order valence-electron chi connectivity index (χ2n) is 9.91. The van der Waals surface area contributed by atoms with Crippen molar-refractivity contribution in [2.24, 2.45) is 11.8 Å². The lowest BCUT2D eigenvalue weighted by atomic mass is 9.54. The van der Waals surface area contributed by atoms with Crippen molar-refractivity contribution in [1.82, 2.24) is 5.32 Å². The molecule has 37 heavy (non-hydrogen) atoms. The Morgan fingerprint density at radius 2 is 1.84 bits per heavy atom. The van der Waals surface area contributed by atoms with Gasteiger partial charge >= 0.3 is 5.97 Å². The van der Waals surface area contributed by atoms with Gasteiger partial charge in [-0.25, -0.2) is 4.79 Å². The Hall–Kier alpha value is -1.99. The van der Waals surface area contributed by atoms with Crippen molar-refractivity contribution in [1.29, 1.82) is 0 Å². The monoisotopic (exact) mass is 553 g/mol. The molecular weight excluding hydrogens is 513 g/mol. The van der Waals surface area contributed by atoms with Gasteiger partial charge in [-0.1, -0.05) is 37.6 Å². The number of hydrogen-bond donors (Lipinski definition) is 2. The number of fused-ring (bicyclic) bond motifs is 1. The van der Waals surface area contributed by atoms with Crippen molar-refractivity contribution in [2.75, 3.05) is 34.4 Å². The van der Waals surface area contributed by atoms with Crippen molar-refractivity contribution in [3.8, 4) is 11.5 Å². The molecule has 8 heteroatoms. The van der Waals surface area contributed by atoms with Gasteiger partial charge in [0.05, 0.1) is 14.2 Å². The molecule has 0 saturated carbocycles. The maximum atomic E-state index is 12.4. The first kappa shape index (κ1) is 31.2. The second kappa shape index (κ2) is 14.2. The average molecular weight is 555 g/mol. The molecule has 2 N–H and O–H groups in total.